The number of hydrogen-bond donors (Lipinski definition) is 0. The summed E-state index contributed by atoms with van der Waals surface area (Å²) in [6.45, 7) is 4.31. The lowest BCUT2D eigenvalue weighted by molar-refractivity contribution is 0.126. The Morgan fingerprint density at radius 1 is 1.29 bits per heavy atom. The summed E-state index contributed by atoms with van der Waals surface area (Å²) in [5.41, 5.74) is 4.44. The van der Waals surface area contributed by atoms with Crippen LogP contribution in [-0.2, 0) is 24.4 Å². The maximum Gasteiger partial charge on any atom is 0.192 e. The first-order valence-corrected chi connectivity index (χ1v) is 10.0. The zero-order valence-corrected chi connectivity index (χ0v) is 16.6. The molecule has 1 aliphatic rings. The van der Waals surface area contributed by atoms with E-state index in [1.807, 2.05) is 24.3 Å². The lowest BCUT2D eigenvalue weighted by Gasteiger charge is -2.21. The molecule has 0 aliphatic carbocycles. The van der Waals surface area contributed by atoms with Gasteiger partial charge in [0.2, 0.25) is 0 Å². The molecule has 0 fully saturated rings. The van der Waals surface area contributed by atoms with Crippen molar-refractivity contribution in [3.63, 3.8) is 0 Å². The third-order valence-electron chi connectivity index (χ3n) is 4.96. The van der Waals surface area contributed by atoms with Crippen LogP contribution < -0.4 is 0 Å². The number of aromatic nitrogens is 4. The lowest BCUT2D eigenvalue weighted by Crippen LogP contribution is -2.25. The average molecular weight is 392 g/mol. The number of aryl methyl sites for hydroxylation is 1. The summed E-state index contributed by atoms with van der Waals surface area (Å²) in [7, 11) is 2.15. The van der Waals surface area contributed by atoms with E-state index in [1.54, 1.807) is 28.4 Å². The Labute approximate surface area is 166 Å². The summed E-state index contributed by atoms with van der Waals surface area (Å²) < 4.78 is 1.75. The van der Waals surface area contributed by atoms with E-state index in [0.29, 0.717) is 5.82 Å². The van der Waals surface area contributed by atoms with Crippen LogP contribution in [0, 0.1) is 6.92 Å². The molecule has 3 aromatic heterocycles. The van der Waals surface area contributed by atoms with Crippen LogP contribution in [0.3, 0.4) is 0 Å². The Bertz CT molecular complexity index is 1180. The third kappa shape index (κ3) is 3.14. The average Bonchev–Trinajstić information content (AvgIpc) is 3.26. The molecule has 0 unspecified atom stereocenters. The standard InChI is InChI=1S/C20H20N6OS/c1-13-3-5-14(6-4-13)9-22-27-11-17-23-19-18-15-7-8-25(2)10-16(15)28-20(18)21-12-26(19)24-17/h3-6,9,12H,7-8,10-11H2,1-2H3. The third-order valence-corrected chi connectivity index (χ3v) is 6.08. The van der Waals surface area contributed by atoms with Crippen molar-refractivity contribution in [3.05, 3.63) is 58.0 Å². The van der Waals surface area contributed by atoms with Crippen molar-refractivity contribution in [2.24, 2.45) is 5.16 Å². The molecular weight excluding hydrogens is 372 g/mol. The fourth-order valence-electron chi connectivity index (χ4n) is 3.47. The number of fused-ring (bicyclic) bond motifs is 5. The highest BCUT2D eigenvalue weighted by Gasteiger charge is 2.22. The Morgan fingerprint density at radius 2 is 2.14 bits per heavy atom. The van der Waals surface area contributed by atoms with Crippen LogP contribution in [0.4, 0.5) is 0 Å². The Morgan fingerprint density at radius 3 is 3.00 bits per heavy atom. The molecule has 0 bridgehead atoms. The van der Waals surface area contributed by atoms with Crippen molar-refractivity contribution in [1.82, 2.24) is 24.5 Å². The van der Waals surface area contributed by atoms with Crippen LogP contribution in [-0.4, -0.2) is 44.3 Å². The number of hydrogen-bond acceptors (Lipinski definition) is 7. The van der Waals surface area contributed by atoms with E-state index >= 15 is 0 Å². The second kappa shape index (κ2) is 6.96. The Kier molecular flexibility index (Phi) is 4.29. The van der Waals surface area contributed by atoms with Crippen molar-refractivity contribution in [2.45, 2.75) is 26.5 Å². The molecule has 4 aromatic rings. The van der Waals surface area contributed by atoms with E-state index in [2.05, 4.69) is 34.1 Å². The molecule has 7 nitrogen and oxygen atoms in total. The van der Waals surface area contributed by atoms with Crippen LogP contribution >= 0.6 is 11.3 Å². The molecule has 142 valence electrons. The van der Waals surface area contributed by atoms with E-state index in [1.165, 1.54) is 16.0 Å². The second-order valence-corrected chi connectivity index (χ2v) is 8.21. The second-order valence-electron chi connectivity index (χ2n) is 7.13. The number of oxime groups is 1. The molecule has 1 aromatic carbocycles. The van der Waals surface area contributed by atoms with Crippen molar-refractivity contribution >= 4 is 33.4 Å². The minimum absolute atomic E-state index is 0.223. The molecule has 0 radical (unpaired) electrons. The quantitative estimate of drug-likeness (QED) is 0.394. The van der Waals surface area contributed by atoms with Crippen LogP contribution in [0.1, 0.15) is 27.4 Å². The van der Waals surface area contributed by atoms with Crippen molar-refractivity contribution in [1.29, 1.82) is 0 Å². The smallest absolute Gasteiger partial charge is 0.192 e. The number of nitrogens with zero attached hydrogens (tertiary/aromatic N) is 6. The predicted octanol–water partition coefficient (Wildman–Crippen LogP) is 3.19. The fraction of sp³-hybridized carbons (Fsp3) is 0.300. The van der Waals surface area contributed by atoms with Crippen molar-refractivity contribution < 1.29 is 4.84 Å². The molecule has 28 heavy (non-hydrogen) atoms. The largest absolute Gasteiger partial charge is 0.387 e. The summed E-state index contributed by atoms with van der Waals surface area (Å²) in [5, 5.41) is 9.67. The van der Waals surface area contributed by atoms with E-state index in [-0.39, 0.29) is 6.61 Å². The first-order valence-electron chi connectivity index (χ1n) is 9.22. The molecule has 0 N–H and O–H groups in total. The van der Waals surface area contributed by atoms with Crippen LogP contribution in [0.5, 0.6) is 0 Å². The molecule has 0 saturated carbocycles. The summed E-state index contributed by atoms with van der Waals surface area (Å²) in [6, 6.07) is 8.10. The van der Waals surface area contributed by atoms with Gasteiger partial charge in [0, 0.05) is 18.0 Å². The zero-order valence-electron chi connectivity index (χ0n) is 15.8. The Hall–Kier alpha value is -2.84. The summed E-state index contributed by atoms with van der Waals surface area (Å²) in [5.74, 6) is 0.600. The maximum atomic E-state index is 5.41. The molecule has 0 spiro atoms. The molecule has 0 saturated heterocycles. The number of thiophene rings is 1. The van der Waals surface area contributed by atoms with Crippen LogP contribution in [0.15, 0.2) is 35.7 Å². The van der Waals surface area contributed by atoms with Gasteiger partial charge < -0.3 is 9.74 Å². The van der Waals surface area contributed by atoms with Crippen molar-refractivity contribution in [3.8, 4) is 0 Å². The zero-order chi connectivity index (χ0) is 19.1. The van der Waals surface area contributed by atoms with Crippen LogP contribution in [0.25, 0.3) is 15.9 Å². The van der Waals surface area contributed by atoms with E-state index < -0.39 is 0 Å². The monoisotopic (exact) mass is 392 g/mol. The van der Waals surface area contributed by atoms with Gasteiger partial charge in [-0.05, 0) is 31.5 Å². The van der Waals surface area contributed by atoms with Gasteiger partial charge in [-0.3, -0.25) is 0 Å². The lowest BCUT2D eigenvalue weighted by atomic mass is 10.1. The highest BCUT2D eigenvalue weighted by atomic mass is 32.1. The van der Waals surface area contributed by atoms with Crippen LogP contribution in [0.2, 0.25) is 0 Å². The topological polar surface area (TPSA) is 67.9 Å². The molecule has 8 heteroatoms. The highest BCUT2D eigenvalue weighted by Crippen LogP contribution is 2.35. The number of benzene rings is 1. The summed E-state index contributed by atoms with van der Waals surface area (Å²) in [4.78, 5) is 19.5. The van der Waals surface area contributed by atoms with Gasteiger partial charge in [-0.1, -0.05) is 35.0 Å². The molecular formula is C20H20N6OS. The maximum absolute atomic E-state index is 5.41. The van der Waals surface area contributed by atoms with Crippen molar-refractivity contribution in [2.75, 3.05) is 13.6 Å². The van der Waals surface area contributed by atoms with Gasteiger partial charge in [0.1, 0.15) is 11.2 Å². The molecule has 0 amide bonds. The minimum Gasteiger partial charge on any atom is -0.387 e. The van der Waals surface area contributed by atoms with Gasteiger partial charge in [0.05, 0.1) is 11.6 Å². The van der Waals surface area contributed by atoms with Gasteiger partial charge >= 0.3 is 0 Å². The normalized spacial score (nSPS) is 14.9. The first-order chi connectivity index (χ1) is 13.7. The molecule has 0 atom stereocenters. The van der Waals surface area contributed by atoms with Gasteiger partial charge in [-0.15, -0.1) is 16.4 Å². The highest BCUT2D eigenvalue weighted by molar-refractivity contribution is 7.19. The van der Waals surface area contributed by atoms with Gasteiger partial charge in [0.25, 0.3) is 0 Å². The summed E-state index contributed by atoms with van der Waals surface area (Å²) in [6.07, 6.45) is 4.45. The fourth-order valence-corrected chi connectivity index (χ4v) is 4.73. The van der Waals surface area contributed by atoms with Gasteiger partial charge in [-0.2, -0.15) is 0 Å². The van der Waals surface area contributed by atoms with Gasteiger partial charge in [0.15, 0.2) is 18.1 Å². The number of rotatable bonds is 4. The summed E-state index contributed by atoms with van der Waals surface area (Å²) >= 11 is 1.76. The minimum atomic E-state index is 0.223. The van der Waals surface area contributed by atoms with Gasteiger partial charge in [-0.25, -0.2) is 14.5 Å². The predicted molar refractivity (Wildman–Crippen MR) is 110 cm³/mol. The molecule has 4 heterocycles. The Balaban J connectivity index is 1.39. The number of likely N-dealkylation sites (N-methyl/N-ethyl adjacent to an activating group) is 1. The van der Waals surface area contributed by atoms with E-state index in [9.17, 15) is 0 Å². The first kappa shape index (κ1) is 17.3. The molecule has 1 aliphatic heterocycles. The molecule has 5 rings (SSSR count). The van der Waals surface area contributed by atoms with E-state index in [4.69, 9.17) is 9.82 Å². The van der Waals surface area contributed by atoms with E-state index in [0.717, 1.165) is 40.9 Å². The SMILES string of the molecule is Cc1ccc(C=NOCc2nc3c4c5c(sc4ncn3n2)CN(C)CC5)cc1.